The molecule has 2 aromatic carbocycles. The maximum absolute atomic E-state index is 12.5. The minimum absolute atomic E-state index is 0.0800. The van der Waals surface area contributed by atoms with Crippen LogP contribution in [-0.4, -0.2) is 19.5 Å². The zero-order chi connectivity index (χ0) is 15.2. The molecule has 1 N–H and O–H groups in total. The molecule has 0 atom stereocenters. The summed E-state index contributed by atoms with van der Waals surface area (Å²) in [5, 5.41) is 9.01. The van der Waals surface area contributed by atoms with E-state index < -0.39 is 15.8 Å². The molecule has 2 aromatic rings. The molecule has 0 amide bonds. The molecule has 21 heavy (non-hydrogen) atoms. The maximum Gasteiger partial charge on any atom is 0.335 e. The Morgan fingerprint density at radius 1 is 1.24 bits per heavy atom. The smallest absolute Gasteiger partial charge is 0.335 e. The fourth-order valence-corrected chi connectivity index (χ4v) is 3.85. The van der Waals surface area contributed by atoms with E-state index in [9.17, 15) is 13.2 Å². The molecule has 6 heteroatoms. The zero-order valence-corrected chi connectivity index (χ0v) is 12.0. The van der Waals surface area contributed by atoms with Gasteiger partial charge in [0.25, 0.3) is 0 Å². The van der Waals surface area contributed by atoms with Gasteiger partial charge in [0.15, 0.2) is 9.84 Å². The second-order valence-corrected chi connectivity index (χ2v) is 6.85. The van der Waals surface area contributed by atoms with Crippen LogP contribution in [0.2, 0.25) is 0 Å². The van der Waals surface area contributed by atoms with Crippen molar-refractivity contribution in [1.82, 2.24) is 0 Å². The Morgan fingerprint density at radius 2 is 2.00 bits per heavy atom. The van der Waals surface area contributed by atoms with Gasteiger partial charge < -0.3 is 9.84 Å². The molecule has 0 bridgehead atoms. The fourth-order valence-electron chi connectivity index (χ4n) is 2.33. The number of hydrogen-bond donors (Lipinski definition) is 1. The van der Waals surface area contributed by atoms with Gasteiger partial charge in [-0.3, -0.25) is 0 Å². The van der Waals surface area contributed by atoms with E-state index in [0.717, 1.165) is 11.6 Å². The van der Waals surface area contributed by atoms with Gasteiger partial charge in [0.05, 0.1) is 11.3 Å². The molecule has 0 spiro atoms. The van der Waals surface area contributed by atoms with Gasteiger partial charge in [-0.25, -0.2) is 13.2 Å². The molecule has 0 fully saturated rings. The monoisotopic (exact) mass is 304 g/mol. The number of para-hydroxylation sites is 1. The standard InChI is InChI=1S/C15H12O5S/c1-9-3-2-4-11-8-21(18,19)13-7-10(15(16)17)5-6-12(13)20-14(9)11/h2-7H,8H2,1H3,(H,16,17). The quantitative estimate of drug-likeness (QED) is 0.876. The van der Waals surface area contributed by atoms with Crippen LogP contribution in [0.5, 0.6) is 11.5 Å². The predicted octanol–water partition coefficient (Wildman–Crippen LogP) is 2.77. The summed E-state index contributed by atoms with van der Waals surface area (Å²) in [6, 6.07) is 9.17. The Morgan fingerprint density at radius 3 is 2.71 bits per heavy atom. The highest BCUT2D eigenvalue weighted by Gasteiger charge is 2.28. The van der Waals surface area contributed by atoms with E-state index in [1.54, 1.807) is 12.1 Å². The van der Waals surface area contributed by atoms with Gasteiger partial charge in [-0.2, -0.15) is 0 Å². The second kappa shape index (κ2) is 4.60. The van der Waals surface area contributed by atoms with Crippen LogP contribution in [-0.2, 0) is 15.6 Å². The molecule has 0 aliphatic carbocycles. The first-order valence-electron chi connectivity index (χ1n) is 6.25. The van der Waals surface area contributed by atoms with Crippen LogP contribution in [0.4, 0.5) is 0 Å². The molecule has 0 radical (unpaired) electrons. The molecule has 0 unspecified atom stereocenters. The third-order valence-electron chi connectivity index (χ3n) is 3.38. The summed E-state index contributed by atoms with van der Waals surface area (Å²) < 4.78 is 30.7. The second-order valence-electron chi connectivity index (χ2n) is 4.89. The third-order valence-corrected chi connectivity index (χ3v) is 5.06. The number of sulfone groups is 1. The number of benzene rings is 2. The van der Waals surface area contributed by atoms with E-state index in [0.29, 0.717) is 11.3 Å². The summed E-state index contributed by atoms with van der Waals surface area (Å²) in [4.78, 5) is 10.9. The molecule has 108 valence electrons. The minimum atomic E-state index is -3.65. The van der Waals surface area contributed by atoms with Gasteiger partial charge in [0.2, 0.25) is 0 Å². The van der Waals surface area contributed by atoms with Crippen LogP contribution in [0, 0.1) is 6.92 Å². The highest BCUT2D eigenvalue weighted by molar-refractivity contribution is 7.90. The van der Waals surface area contributed by atoms with Crippen molar-refractivity contribution in [3.8, 4) is 11.5 Å². The van der Waals surface area contributed by atoms with Gasteiger partial charge in [0.1, 0.15) is 16.4 Å². The van der Waals surface area contributed by atoms with E-state index in [1.807, 2.05) is 13.0 Å². The zero-order valence-electron chi connectivity index (χ0n) is 11.2. The van der Waals surface area contributed by atoms with Gasteiger partial charge in [-0.1, -0.05) is 18.2 Å². The lowest BCUT2D eigenvalue weighted by Crippen LogP contribution is -2.05. The third kappa shape index (κ3) is 2.27. The molecule has 0 aromatic heterocycles. The van der Waals surface area contributed by atoms with Gasteiger partial charge in [0, 0.05) is 5.56 Å². The summed E-state index contributed by atoms with van der Waals surface area (Å²) in [6.45, 7) is 1.84. The number of carboxylic acids is 1. The van der Waals surface area contributed by atoms with Crippen molar-refractivity contribution >= 4 is 15.8 Å². The van der Waals surface area contributed by atoms with Gasteiger partial charge >= 0.3 is 5.97 Å². The molecule has 1 aliphatic heterocycles. The number of hydrogen-bond acceptors (Lipinski definition) is 4. The first-order valence-corrected chi connectivity index (χ1v) is 7.90. The van der Waals surface area contributed by atoms with Crippen LogP contribution in [0.3, 0.4) is 0 Å². The molecule has 1 aliphatic rings. The van der Waals surface area contributed by atoms with Gasteiger partial charge in [-0.15, -0.1) is 0 Å². The highest BCUT2D eigenvalue weighted by Crippen LogP contribution is 2.39. The maximum atomic E-state index is 12.5. The lowest BCUT2D eigenvalue weighted by Gasteiger charge is -2.10. The van der Waals surface area contributed by atoms with E-state index in [2.05, 4.69) is 0 Å². The van der Waals surface area contributed by atoms with E-state index in [1.165, 1.54) is 12.1 Å². The van der Waals surface area contributed by atoms with Crippen LogP contribution >= 0.6 is 0 Å². The average molecular weight is 304 g/mol. The number of aromatic carboxylic acids is 1. The predicted molar refractivity (Wildman–Crippen MR) is 75.5 cm³/mol. The van der Waals surface area contributed by atoms with Crippen molar-refractivity contribution in [2.45, 2.75) is 17.6 Å². The van der Waals surface area contributed by atoms with Crippen LogP contribution in [0.15, 0.2) is 41.3 Å². The summed E-state index contributed by atoms with van der Waals surface area (Å²) in [7, 11) is -3.65. The largest absolute Gasteiger partial charge is 0.478 e. The van der Waals surface area contributed by atoms with Crippen LogP contribution in [0.1, 0.15) is 21.5 Å². The molecule has 0 saturated heterocycles. The SMILES string of the molecule is Cc1cccc2c1Oc1ccc(C(=O)O)cc1S(=O)(=O)C2. The Labute approximate surface area is 121 Å². The minimum Gasteiger partial charge on any atom is -0.478 e. The normalized spacial score (nSPS) is 15.3. The Kier molecular flexibility index (Phi) is 2.98. The fraction of sp³-hybridized carbons (Fsp3) is 0.133. The lowest BCUT2D eigenvalue weighted by atomic mass is 10.1. The number of fused-ring (bicyclic) bond motifs is 2. The Balaban J connectivity index is 2.26. The number of ether oxygens (including phenoxy) is 1. The topological polar surface area (TPSA) is 80.7 Å². The molecule has 1 heterocycles. The summed E-state index contributed by atoms with van der Waals surface area (Å²) in [6.07, 6.45) is 0. The Hall–Kier alpha value is -2.34. The highest BCUT2D eigenvalue weighted by atomic mass is 32.2. The number of carbonyl (C=O) groups is 1. The van der Waals surface area contributed by atoms with Crippen molar-refractivity contribution in [1.29, 1.82) is 0 Å². The van der Waals surface area contributed by atoms with Crippen molar-refractivity contribution in [3.05, 3.63) is 53.1 Å². The van der Waals surface area contributed by atoms with Crippen molar-refractivity contribution < 1.29 is 23.1 Å². The summed E-state index contributed by atoms with van der Waals surface area (Å²) >= 11 is 0. The number of aryl methyl sites for hydroxylation is 1. The van der Waals surface area contributed by atoms with Crippen LogP contribution in [0.25, 0.3) is 0 Å². The molecule has 0 saturated carbocycles. The van der Waals surface area contributed by atoms with Crippen LogP contribution < -0.4 is 4.74 Å². The van der Waals surface area contributed by atoms with Crippen molar-refractivity contribution in [2.24, 2.45) is 0 Å². The molecule has 3 rings (SSSR count). The number of carboxylic acid groups (broad SMARTS) is 1. The first kappa shape index (κ1) is 13.6. The van der Waals surface area contributed by atoms with Crippen molar-refractivity contribution in [3.63, 3.8) is 0 Å². The van der Waals surface area contributed by atoms with Crippen molar-refractivity contribution in [2.75, 3.05) is 0 Å². The molecular weight excluding hydrogens is 292 g/mol. The van der Waals surface area contributed by atoms with E-state index in [-0.39, 0.29) is 22.0 Å². The first-order chi connectivity index (χ1) is 9.88. The Bertz CT molecular complexity index is 852. The lowest BCUT2D eigenvalue weighted by molar-refractivity contribution is 0.0696. The number of rotatable bonds is 1. The van der Waals surface area contributed by atoms with E-state index >= 15 is 0 Å². The average Bonchev–Trinajstić information content (AvgIpc) is 2.53. The van der Waals surface area contributed by atoms with Gasteiger partial charge in [-0.05, 0) is 30.7 Å². The molecular formula is C15H12O5S. The molecule has 5 nitrogen and oxygen atoms in total. The van der Waals surface area contributed by atoms with E-state index in [4.69, 9.17) is 9.84 Å². The summed E-state index contributed by atoms with van der Waals surface area (Å²) in [5.41, 5.74) is 1.32. The summed E-state index contributed by atoms with van der Waals surface area (Å²) in [5.74, 6) is -0.706.